The van der Waals surface area contributed by atoms with Crippen LogP contribution in [0.4, 0.5) is 0 Å². The molecule has 1 aliphatic heterocycles. The van der Waals surface area contributed by atoms with E-state index in [1.807, 2.05) is 0 Å². The van der Waals surface area contributed by atoms with Crippen molar-refractivity contribution in [1.82, 2.24) is 5.32 Å². The van der Waals surface area contributed by atoms with E-state index in [0.29, 0.717) is 42.4 Å². The summed E-state index contributed by atoms with van der Waals surface area (Å²) in [6.07, 6.45) is 0.704. The number of benzene rings is 1. The SMILES string of the molecule is COc1ccc(Cl)cc1C(NC(=O)C1CCOCC1)OCN. The maximum Gasteiger partial charge on any atom is 0.225 e. The highest BCUT2D eigenvalue weighted by Crippen LogP contribution is 2.29. The van der Waals surface area contributed by atoms with Crippen LogP contribution in [0.25, 0.3) is 0 Å². The number of amides is 1. The van der Waals surface area contributed by atoms with Crippen LogP contribution in [0.15, 0.2) is 18.2 Å². The van der Waals surface area contributed by atoms with E-state index in [1.165, 1.54) is 0 Å². The Morgan fingerprint density at radius 2 is 2.23 bits per heavy atom. The highest BCUT2D eigenvalue weighted by atomic mass is 35.5. The Bertz CT molecular complexity index is 506. The molecule has 0 bridgehead atoms. The molecule has 0 radical (unpaired) electrons. The molecule has 2 rings (SSSR count). The summed E-state index contributed by atoms with van der Waals surface area (Å²) >= 11 is 6.03. The number of hydrogen-bond acceptors (Lipinski definition) is 5. The maximum atomic E-state index is 12.4. The van der Waals surface area contributed by atoms with Gasteiger partial charge in [-0.15, -0.1) is 0 Å². The maximum absolute atomic E-state index is 12.4. The van der Waals surface area contributed by atoms with Crippen LogP contribution in [0.2, 0.25) is 5.02 Å². The standard InChI is InChI=1S/C15H21ClN2O4/c1-20-13-3-2-11(16)8-12(13)15(22-9-17)18-14(19)10-4-6-21-7-5-10/h2-3,8,10,15H,4-7,9,17H2,1H3,(H,18,19). The summed E-state index contributed by atoms with van der Waals surface area (Å²) in [5.41, 5.74) is 6.12. The van der Waals surface area contributed by atoms with Crippen molar-refractivity contribution in [2.75, 3.05) is 27.1 Å². The second-order valence-corrected chi connectivity index (χ2v) is 5.43. The average molecular weight is 329 g/mol. The largest absolute Gasteiger partial charge is 0.496 e. The molecular weight excluding hydrogens is 308 g/mol. The molecule has 6 nitrogen and oxygen atoms in total. The van der Waals surface area contributed by atoms with Crippen LogP contribution in [0.1, 0.15) is 24.6 Å². The molecule has 0 aliphatic carbocycles. The smallest absolute Gasteiger partial charge is 0.225 e. The van der Waals surface area contributed by atoms with Gasteiger partial charge in [-0.1, -0.05) is 11.6 Å². The summed E-state index contributed by atoms with van der Waals surface area (Å²) in [4.78, 5) is 12.4. The zero-order valence-electron chi connectivity index (χ0n) is 12.5. The van der Waals surface area contributed by atoms with Gasteiger partial charge in [0, 0.05) is 29.7 Å². The molecule has 1 saturated heterocycles. The van der Waals surface area contributed by atoms with Gasteiger partial charge in [0.05, 0.1) is 13.8 Å². The number of nitrogens with one attached hydrogen (secondary N) is 1. The lowest BCUT2D eigenvalue weighted by molar-refractivity contribution is -0.132. The number of carbonyl (C=O) groups excluding carboxylic acids is 1. The quantitative estimate of drug-likeness (QED) is 0.778. The van der Waals surface area contributed by atoms with E-state index in [-0.39, 0.29) is 18.6 Å². The number of hydrogen-bond donors (Lipinski definition) is 2. The highest BCUT2D eigenvalue weighted by molar-refractivity contribution is 6.30. The van der Waals surface area contributed by atoms with E-state index < -0.39 is 6.23 Å². The molecule has 0 aromatic heterocycles. The monoisotopic (exact) mass is 328 g/mol. The fourth-order valence-corrected chi connectivity index (χ4v) is 2.60. The van der Waals surface area contributed by atoms with Crippen molar-refractivity contribution in [1.29, 1.82) is 0 Å². The van der Waals surface area contributed by atoms with E-state index in [2.05, 4.69) is 5.32 Å². The number of carbonyl (C=O) groups is 1. The fraction of sp³-hybridized carbons (Fsp3) is 0.533. The van der Waals surface area contributed by atoms with Crippen LogP contribution >= 0.6 is 11.6 Å². The molecule has 1 aliphatic rings. The van der Waals surface area contributed by atoms with Gasteiger partial charge in [0.2, 0.25) is 5.91 Å². The molecule has 1 heterocycles. The Kier molecular flexibility index (Phi) is 6.45. The predicted molar refractivity (Wildman–Crippen MR) is 82.6 cm³/mol. The number of ether oxygens (including phenoxy) is 3. The van der Waals surface area contributed by atoms with Crippen molar-refractivity contribution >= 4 is 17.5 Å². The normalized spacial score (nSPS) is 17.0. The lowest BCUT2D eigenvalue weighted by Crippen LogP contribution is -2.38. The lowest BCUT2D eigenvalue weighted by atomic mass is 9.99. The molecule has 0 saturated carbocycles. The van der Waals surface area contributed by atoms with Crippen molar-refractivity contribution in [3.05, 3.63) is 28.8 Å². The minimum atomic E-state index is -0.700. The molecule has 1 aromatic rings. The Morgan fingerprint density at radius 1 is 1.50 bits per heavy atom. The third-order valence-electron chi connectivity index (χ3n) is 3.60. The van der Waals surface area contributed by atoms with E-state index in [1.54, 1.807) is 25.3 Å². The van der Waals surface area contributed by atoms with Gasteiger partial charge < -0.3 is 25.3 Å². The summed E-state index contributed by atoms with van der Waals surface area (Å²) in [5, 5.41) is 3.40. The number of halogens is 1. The number of methoxy groups -OCH3 is 1. The van der Waals surface area contributed by atoms with Gasteiger partial charge in [0.1, 0.15) is 5.75 Å². The predicted octanol–water partition coefficient (Wildman–Crippen LogP) is 1.82. The van der Waals surface area contributed by atoms with Crippen LogP contribution in [0, 0.1) is 5.92 Å². The van der Waals surface area contributed by atoms with Gasteiger partial charge in [-0.05, 0) is 31.0 Å². The summed E-state index contributed by atoms with van der Waals surface area (Å²) in [7, 11) is 1.55. The Hall–Kier alpha value is -1.34. The van der Waals surface area contributed by atoms with Crippen molar-refractivity contribution in [3.63, 3.8) is 0 Å². The van der Waals surface area contributed by atoms with Gasteiger partial charge in [-0.3, -0.25) is 4.79 Å². The Balaban J connectivity index is 2.15. The molecule has 1 atom stereocenters. The van der Waals surface area contributed by atoms with E-state index in [4.69, 9.17) is 31.5 Å². The first-order valence-electron chi connectivity index (χ1n) is 7.19. The van der Waals surface area contributed by atoms with Gasteiger partial charge in [0.15, 0.2) is 6.23 Å². The van der Waals surface area contributed by atoms with Crippen LogP contribution in [-0.4, -0.2) is 33.0 Å². The summed E-state index contributed by atoms with van der Waals surface area (Å²) in [5.74, 6) is 0.418. The Morgan fingerprint density at radius 3 is 2.86 bits per heavy atom. The number of nitrogens with two attached hydrogens (primary N) is 1. The minimum absolute atomic E-state index is 0.0333. The molecule has 0 spiro atoms. The third-order valence-corrected chi connectivity index (χ3v) is 3.84. The van der Waals surface area contributed by atoms with Gasteiger partial charge in [-0.25, -0.2) is 0 Å². The summed E-state index contributed by atoms with van der Waals surface area (Å²) < 4.78 is 16.0. The van der Waals surface area contributed by atoms with Crippen molar-refractivity contribution in [2.45, 2.75) is 19.1 Å². The minimum Gasteiger partial charge on any atom is -0.496 e. The fourth-order valence-electron chi connectivity index (χ4n) is 2.42. The van der Waals surface area contributed by atoms with Crippen LogP contribution in [-0.2, 0) is 14.3 Å². The van der Waals surface area contributed by atoms with Crippen LogP contribution in [0.5, 0.6) is 5.75 Å². The summed E-state index contributed by atoms with van der Waals surface area (Å²) in [6.45, 7) is 1.16. The zero-order valence-corrected chi connectivity index (χ0v) is 13.3. The van der Waals surface area contributed by atoms with Crippen molar-refractivity contribution in [3.8, 4) is 5.75 Å². The average Bonchev–Trinajstić information content (AvgIpc) is 2.55. The second-order valence-electron chi connectivity index (χ2n) is 4.99. The Labute approximate surface area is 134 Å². The second kappa shape index (κ2) is 8.33. The topological polar surface area (TPSA) is 82.8 Å². The lowest BCUT2D eigenvalue weighted by Gasteiger charge is -2.26. The van der Waals surface area contributed by atoms with Crippen LogP contribution < -0.4 is 15.8 Å². The molecule has 1 amide bonds. The van der Waals surface area contributed by atoms with Gasteiger partial charge in [-0.2, -0.15) is 0 Å². The van der Waals surface area contributed by atoms with Gasteiger partial charge in [0.25, 0.3) is 0 Å². The summed E-state index contributed by atoms with van der Waals surface area (Å²) in [6, 6.07) is 5.14. The van der Waals surface area contributed by atoms with Crippen molar-refractivity contribution in [2.24, 2.45) is 11.7 Å². The molecule has 22 heavy (non-hydrogen) atoms. The number of rotatable bonds is 6. The molecule has 7 heteroatoms. The van der Waals surface area contributed by atoms with Crippen LogP contribution in [0.3, 0.4) is 0 Å². The molecule has 1 aromatic carbocycles. The first kappa shape index (κ1) is 17.0. The highest BCUT2D eigenvalue weighted by Gasteiger charge is 2.26. The molecular formula is C15H21ClN2O4. The third kappa shape index (κ3) is 4.33. The first-order valence-corrected chi connectivity index (χ1v) is 7.56. The molecule has 122 valence electrons. The van der Waals surface area contributed by atoms with Crippen molar-refractivity contribution < 1.29 is 19.0 Å². The van der Waals surface area contributed by atoms with E-state index in [0.717, 1.165) is 0 Å². The molecule has 3 N–H and O–H groups in total. The van der Waals surface area contributed by atoms with E-state index >= 15 is 0 Å². The van der Waals surface area contributed by atoms with Gasteiger partial charge >= 0.3 is 0 Å². The van der Waals surface area contributed by atoms with E-state index in [9.17, 15) is 4.79 Å². The molecule has 1 fully saturated rings. The zero-order chi connectivity index (χ0) is 15.9. The first-order chi connectivity index (χ1) is 10.7. The molecule has 1 unspecified atom stereocenters.